The lowest BCUT2D eigenvalue weighted by Gasteiger charge is -2.21. The molecule has 0 bridgehead atoms. The maximum atomic E-state index is 13.4. The third-order valence-corrected chi connectivity index (χ3v) is 6.30. The van der Waals surface area contributed by atoms with Crippen molar-refractivity contribution in [1.29, 1.82) is 0 Å². The number of carbonyl (C=O) groups excluding carboxylic acids is 1. The first-order chi connectivity index (χ1) is 17.1. The summed E-state index contributed by atoms with van der Waals surface area (Å²) in [4.78, 5) is 13.1. The smallest absolute Gasteiger partial charge is 0.325 e. The van der Waals surface area contributed by atoms with Crippen LogP contribution >= 0.6 is 0 Å². The average Bonchev–Trinajstić information content (AvgIpc) is 3.46. The summed E-state index contributed by atoms with van der Waals surface area (Å²) in [6.45, 7) is 5.85. The van der Waals surface area contributed by atoms with E-state index in [1.165, 1.54) is 18.2 Å². The molecule has 3 aromatic rings. The van der Waals surface area contributed by atoms with Gasteiger partial charge in [-0.25, -0.2) is 0 Å². The van der Waals surface area contributed by atoms with Crippen molar-refractivity contribution in [2.45, 2.75) is 63.1 Å². The molecular formula is C26H26F6N4O. The minimum atomic E-state index is -4.57. The molecule has 2 N–H and O–H groups in total. The third kappa shape index (κ3) is 5.98. The number of alkyl halides is 6. The van der Waals surface area contributed by atoms with Gasteiger partial charge in [0.1, 0.15) is 0 Å². The molecular weight excluding hydrogens is 498 g/mol. The van der Waals surface area contributed by atoms with Gasteiger partial charge in [0.15, 0.2) is 0 Å². The van der Waals surface area contributed by atoms with Crippen molar-refractivity contribution in [1.82, 2.24) is 15.1 Å². The van der Waals surface area contributed by atoms with Crippen LogP contribution in [0.25, 0.3) is 0 Å². The SMILES string of the molecule is CC(C)(C)n1ccc(C2C[C@@H](C(=O)Nc3cccc(C(F)(F)F)c3)N[C@H]2c2cccc(C(F)(F)F)c2)n1. The van der Waals surface area contributed by atoms with Gasteiger partial charge in [-0.1, -0.05) is 18.2 Å². The number of hydrogen-bond acceptors (Lipinski definition) is 3. The van der Waals surface area contributed by atoms with E-state index in [9.17, 15) is 31.1 Å². The fourth-order valence-corrected chi connectivity index (χ4v) is 4.41. The monoisotopic (exact) mass is 524 g/mol. The summed E-state index contributed by atoms with van der Waals surface area (Å²) in [5.41, 5.74) is -1.16. The first-order valence-corrected chi connectivity index (χ1v) is 11.6. The Bertz CT molecular complexity index is 1270. The fourth-order valence-electron chi connectivity index (χ4n) is 4.41. The number of rotatable bonds is 4. The number of amides is 1. The van der Waals surface area contributed by atoms with Gasteiger partial charge in [-0.3, -0.25) is 14.8 Å². The van der Waals surface area contributed by atoms with E-state index in [2.05, 4.69) is 15.7 Å². The molecule has 4 rings (SSSR count). The Morgan fingerprint density at radius 2 is 1.57 bits per heavy atom. The van der Waals surface area contributed by atoms with Gasteiger partial charge >= 0.3 is 12.4 Å². The Kier molecular flexibility index (Phi) is 6.87. The highest BCUT2D eigenvalue weighted by atomic mass is 19.4. The van der Waals surface area contributed by atoms with Gasteiger partial charge < -0.3 is 5.32 Å². The predicted molar refractivity (Wildman–Crippen MR) is 126 cm³/mol. The van der Waals surface area contributed by atoms with Gasteiger partial charge in [0, 0.05) is 23.8 Å². The van der Waals surface area contributed by atoms with Crippen LogP contribution in [0, 0.1) is 0 Å². The molecule has 1 aromatic heterocycles. The number of anilines is 1. The molecule has 5 nitrogen and oxygen atoms in total. The molecule has 198 valence electrons. The number of halogens is 6. The Hall–Kier alpha value is -3.34. The summed E-state index contributed by atoms with van der Waals surface area (Å²) < 4.78 is 81.1. The lowest BCUT2D eigenvalue weighted by molar-refractivity contribution is -0.138. The predicted octanol–water partition coefficient (Wildman–Crippen LogP) is 6.50. The molecule has 0 radical (unpaired) electrons. The van der Waals surface area contributed by atoms with Crippen LogP contribution in [0.1, 0.15) is 61.5 Å². The van der Waals surface area contributed by atoms with Gasteiger partial charge in [0.05, 0.1) is 28.4 Å². The second-order valence-corrected chi connectivity index (χ2v) is 10.1. The maximum Gasteiger partial charge on any atom is 0.416 e. The molecule has 2 heterocycles. The molecule has 37 heavy (non-hydrogen) atoms. The van der Waals surface area contributed by atoms with Crippen molar-refractivity contribution in [2.75, 3.05) is 5.32 Å². The van der Waals surface area contributed by atoms with E-state index in [0.717, 1.165) is 24.3 Å². The first-order valence-electron chi connectivity index (χ1n) is 11.6. The molecule has 0 aliphatic carbocycles. The van der Waals surface area contributed by atoms with Crippen LogP contribution in [-0.4, -0.2) is 21.7 Å². The van der Waals surface area contributed by atoms with E-state index in [0.29, 0.717) is 11.3 Å². The lowest BCUT2D eigenvalue weighted by Crippen LogP contribution is -2.36. The van der Waals surface area contributed by atoms with Crippen LogP contribution in [0.4, 0.5) is 32.0 Å². The molecule has 11 heteroatoms. The van der Waals surface area contributed by atoms with Gasteiger partial charge in [-0.15, -0.1) is 0 Å². The van der Waals surface area contributed by atoms with Crippen molar-refractivity contribution in [3.8, 4) is 0 Å². The first kappa shape index (κ1) is 26.7. The molecule has 1 saturated heterocycles. The Morgan fingerprint density at radius 3 is 2.16 bits per heavy atom. The largest absolute Gasteiger partial charge is 0.416 e. The fraction of sp³-hybridized carbons (Fsp3) is 0.385. The van der Waals surface area contributed by atoms with Gasteiger partial charge in [0.25, 0.3) is 0 Å². The summed E-state index contributed by atoms with van der Waals surface area (Å²) in [5.74, 6) is -1.04. The number of carbonyl (C=O) groups is 1. The molecule has 1 aliphatic heterocycles. The second-order valence-electron chi connectivity index (χ2n) is 10.1. The minimum Gasteiger partial charge on any atom is -0.325 e. The zero-order chi connectivity index (χ0) is 27.2. The summed E-state index contributed by atoms with van der Waals surface area (Å²) in [5, 5.41) is 10.2. The van der Waals surface area contributed by atoms with E-state index in [-0.39, 0.29) is 17.6 Å². The number of aromatic nitrogens is 2. The van der Waals surface area contributed by atoms with Crippen molar-refractivity contribution in [2.24, 2.45) is 0 Å². The van der Waals surface area contributed by atoms with E-state index < -0.39 is 47.4 Å². The van der Waals surface area contributed by atoms with Crippen LogP contribution in [0.3, 0.4) is 0 Å². The molecule has 1 aliphatic rings. The highest BCUT2D eigenvalue weighted by Gasteiger charge is 2.41. The summed E-state index contributed by atoms with van der Waals surface area (Å²) in [6, 6.07) is 9.34. The molecule has 0 saturated carbocycles. The Balaban J connectivity index is 1.64. The molecule has 0 spiro atoms. The number of benzene rings is 2. The van der Waals surface area contributed by atoms with Crippen LogP contribution in [-0.2, 0) is 22.7 Å². The van der Waals surface area contributed by atoms with Crippen LogP contribution < -0.4 is 10.6 Å². The van der Waals surface area contributed by atoms with Gasteiger partial charge in [-0.2, -0.15) is 31.4 Å². The zero-order valence-electron chi connectivity index (χ0n) is 20.3. The van der Waals surface area contributed by atoms with Crippen molar-refractivity contribution >= 4 is 11.6 Å². The summed E-state index contributed by atoms with van der Waals surface area (Å²) in [7, 11) is 0. The summed E-state index contributed by atoms with van der Waals surface area (Å²) in [6.07, 6.45) is -7.16. The number of nitrogens with one attached hydrogen (secondary N) is 2. The Labute approximate surface area is 209 Å². The topological polar surface area (TPSA) is 59.0 Å². The van der Waals surface area contributed by atoms with E-state index >= 15 is 0 Å². The van der Waals surface area contributed by atoms with E-state index in [1.807, 2.05) is 20.8 Å². The lowest BCUT2D eigenvalue weighted by atomic mass is 9.90. The number of hydrogen-bond donors (Lipinski definition) is 2. The minimum absolute atomic E-state index is 0.0299. The molecule has 3 atom stereocenters. The molecule has 1 unspecified atom stereocenters. The maximum absolute atomic E-state index is 13.4. The average molecular weight is 525 g/mol. The van der Waals surface area contributed by atoms with Crippen molar-refractivity contribution in [3.63, 3.8) is 0 Å². The normalized spacial score (nSPS) is 20.7. The summed E-state index contributed by atoms with van der Waals surface area (Å²) >= 11 is 0. The van der Waals surface area contributed by atoms with Crippen LogP contribution in [0.2, 0.25) is 0 Å². The van der Waals surface area contributed by atoms with Gasteiger partial charge in [0.2, 0.25) is 5.91 Å². The molecule has 1 amide bonds. The zero-order valence-corrected chi connectivity index (χ0v) is 20.3. The number of nitrogens with zero attached hydrogens (tertiary/aromatic N) is 2. The van der Waals surface area contributed by atoms with Crippen LogP contribution in [0.15, 0.2) is 60.8 Å². The van der Waals surface area contributed by atoms with Crippen molar-refractivity contribution < 1.29 is 31.1 Å². The van der Waals surface area contributed by atoms with E-state index in [4.69, 9.17) is 0 Å². The van der Waals surface area contributed by atoms with E-state index in [1.54, 1.807) is 23.0 Å². The standard InChI is InChI=1S/C26H26F6N4O/c1-24(2,3)36-11-10-20(35-36)19-14-21(23(37)33-18-9-5-8-17(13-18)26(30,31)32)34-22(19)15-6-4-7-16(12-15)25(27,28)29/h4-13,19,21-22,34H,14H2,1-3H3,(H,33,37)/t19?,21-,22-/m0/s1. The second kappa shape index (κ2) is 9.51. The quantitative estimate of drug-likeness (QED) is 0.383. The highest BCUT2D eigenvalue weighted by molar-refractivity contribution is 5.95. The highest BCUT2D eigenvalue weighted by Crippen LogP contribution is 2.42. The van der Waals surface area contributed by atoms with Gasteiger partial charge in [-0.05, 0) is 69.2 Å². The molecule has 2 aromatic carbocycles. The van der Waals surface area contributed by atoms with Crippen LogP contribution in [0.5, 0.6) is 0 Å². The third-order valence-electron chi connectivity index (χ3n) is 6.30. The van der Waals surface area contributed by atoms with Crippen molar-refractivity contribution in [3.05, 3.63) is 83.2 Å². The molecule has 1 fully saturated rings. The Morgan fingerprint density at radius 1 is 0.946 bits per heavy atom.